The van der Waals surface area contributed by atoms with Crippen LogP contribution in [0.1, 0.15) is 36.7 Å². The molecule has 0 N–H and O–H groups in total. The van der Waals surface area contributed by atoms with E-state index in [0.717, 1.165) is 5.56 Å². The van der Waals surface area contributed by atoms with Crippen molar-refractivity contribution in [3.05, 3.63) is 46.0 Å². The Bertz CT molecular complexity index is 746. The second kappa shape index (κ2) is 6.99. The summed E-state index contributed by atoms with van der Waals surface area (Å²) in [5, 5.41) is -0.948. The molecule has 0 saturated heterocycles. The molecule has 0 fully saturated rings. The van der Waals surface area contributed by atoms with Crippen molar-refractivity contribution in [2.45, 2.75) is 37.9 Å². The molecular weight excluding hydrogens is 369 g/mol. The highest BCUT2D eigenvalue weighted by Crippen LogP contribution is 2.40. The van der Waals surface area contributed by atoms with E-state index in [-0.39, 0.29) is 16.7 Å². The van der Waals surface area contributed by atoms with Crippen molar-refractivity contribution in [2.24, 2.45) is 10.9 Å². The predicted octanol–water partition coefficient (Wildman–Crippen LogP) is 4.91. The summed E-state index contributed by atoms with van der Waals surface area (Å²) in [5.74, 6) is -1.02. The molecule has 128 valence electrons. The molecule has 24 heavy (non-hydrogen) atoms. The molecule has 1 aromatic carbocycles. The number of alkyl halides is 2. The number of aryl methyl sites for hydroxylation is 1. The summed E-state index contributed by atoms with van der Waals surface area (Å²) in [4.78, 5) is 27.6. The summed E-state index contributed by atoms with van der Waals surface area (Å²) in [6.45, 7) is 7.13. The van der Waals surface area contributed by atoms with Gasteiger partial charge in [0, 0.05) is 11.1 Å². The molecule has 0 bridgehead atoms. The molecule has 1 amide bonds. The first-order valence-electron chi connectivity index (χ1n) is 7.54. The Kier molecular flexibility index (Phi) is 5.58. The molecule has 0 aliphatic heterocycles. The molecule has 1 aliphatic rings. The Balaban J connectivity index is 2.57. The summed E-state index contributed by atoms with van der Waals surface area (Å²) in [7, 11) is 0. The van der Waals surface area contributed by atoms with E-state index in [1.807, 2.05) is 32.9 Å². The number of ketones is 1. The van der Waals surface area contributed by atoms with E-state index < -0.39 is 21.9 Å². The first-order chi connectivity index (χ1) is 11.1. The summed E-state index contributed by atoms with van der Waals surface area (Å²) >= 11 is 18.9. The number of rotatable bonds is 2. The highest BCUT2D eigenvalue weighted by atomic mass is 35.5. The van der Waals surface area contributed by atoms with Gasteiger partial charge in [-0.05, 0) is 31.9 Å². The van der Waals surface area contributed by atoms with Gasteiger partial charge in [0.2, 0.25) is 0 Å². The fourth-order valence-corrected chi connectivity index (χ4v) is 3.52. The maximum atomic E-state index is 12.5. The molecule has 1 aliphatic carbocycles. The lowest BCUT2D eigenvalue weighted by Crippen LogP contribution is -2.49. The van der Waals surface area contributed by atoms with Crippen molar-refractivity contribution in [1.82, 2.24) is 0 Å². The lowest BCUT2D eigenvalue weighted by molar-refractivity contribution is -0.117. The maximum absolute atomic E-state index is 12.5. The van der Waals surface area contributed by atoms with Crippen LogP contribution in [0.4, 0.5) is 0 Å². The molecule has 0 unspecified atom stereocenters. The predicted molar refractivity (Wildman–Crippen MR) is 99.6 cm³/mol. The van der Waals surface area contributed by atoms with E-state index in [9.17, 15) is 9.59 Å². The zero-order valence-corrected chi connectivity index (χ0v) is 16.1. The third kappa shape index (κ3) is 3.44. The number of carbonyl (C=O) groups excluding carboxylic acids is 2. The second-order valence-corrected chi connectivity index (χ2v) is 7.92. The minimum absolute atomic E-state index is 0.00476. The van der Waals surface area contributed by atoms with E-state index >= 15 is 0 Å². The SMILES string of the molecule is Cc1ccc(C(=O)N=C2C(C(C)C)=C(Cl)C(=O)[C@](C)(Cl)[C@H]2Cl)cc1. The van der Waals surface area contributed by atoms with Gasteiger partial charge >= 0.3 is 0 Å². The second-order valence-electron chi connectivity index (χ2n) is 6.32. The van der Waals surface area contributed by atoms with Crippen LogP contribution in [0.3, 0.4) is 0 Å². The molecule has 0 aromatic heterocycles. The lowest BCUT2D eigenvalue weighted by atomic mass is 9.82. The van der Waals surface area contributed by atoms with Gasteiger partial charge in [-0.2, -0.15) is 0 Å². The molecular formula is C18H18Cl3NO2. The van der Waals surface area contributed by atoms with Crippen LogP contribution in [0.25, 0.3) is 0 Å². The number of Topliss-reactive ketones (excluding diaryl/α,β-unsaturated/α-hetero) is 1. The lowest BCUT2D eigenvalue weighted by Gasteiger charge is -2.34. The minimum atomic E-state index is -1.44. The standard InChI is InChI=1S/C18H18Cl3NO2/c1-9(2)12-13(19)16(23)18(4,21)15(20)14(12)22-17(24)11-7-5-10(3)6-8-11/h5-9,15H,1-4H3/t15-,18+/m0/s1. The number of nitrogens with zero attached hydrogens (tertiary/aromatic N) is 1. The van der Waals surface area contributed by atoms with E-state index in [4.69, 9.17) is 34.8 Å². The molecule has 0 radical (unpaired) electrons. The first kappa shape index (κ1) is 19.2. The van der Waals surface area contributed by atoms with Gasteiger partial charge < -0.3 is 0 Å². The average molecular weight is 387 g/mol. The fourth-order valence-electron chi connectivity index (χ4n) is 2.49. The molecule has 3 nitrogen and oxygen atoms in total. The summed E-state index contributed by atoms with van der Waals surface area (Å²) in [6, 6.07) is 7.04. The highest BCUT2D eigenvalue weighted by Gasteiger charge is 2.49. The topological polar surface area (TPSA) is 46.5 Å². The summed E-state index contributed by atoms with van der Waals surface area (Å²) in [5.41, 5.74) is 2.21. The normalized spacial score (nSPS) is 26.4. The Morgan fingerprint density at radius 1 is 1.25 bits per heavy atom. The van der Waals surface area contributed by atoms with Crippen molar-refractivity contribution in [1.29, 1.82) is 0 Å². The quantitative estimate of drug-likeness (QED) is 0.678. The van der Waals surface area contributed by atoms with E-state index in [1.165, 1.54) is 6.92 Å². The van der Waals surface area contributed by atoms with Gasteiger partial charge in [-0.1, -0.05) is 43.1 Å². The third-order valence-electron chi connectivity index (χ3n) is 3.97. The first-order valence-corrected chi connectivity index (χ1v) is 8.74. The number of carbonyl (C=O) groups is 2. The van der Waals surface area contributed by atoms with Gasteiger partial charge in [-0.15, -0.1) is 23.2 Å². The molecule has 0 heterocycles. The maximum Gasteiger partial charge on any atom is 0.277 e. The van der Waals surface area contributed by atoms with Gasteiger partial charge in [0.05, 0.1) is 10.7 Å². The Hall–Kier alpha value is -1.16. The van der Waals surface area contributed by atoms with Crippen molar-refractivity contribution in [3.8, 4) is 0 Å². The Morgan fingerprint density at radius 3 is 2.29 bits per heavy atom. The van der Waals surface area contributed by atoms with Crippen LogP contribution in [0.5, 0.6) is 0 Å². The zero-order chi connectivity index (χ0) is 18.2. The molecule has 0 saturated carbocycles. The van der Waals surface area contributed by atoms with E-state index in [2.05, 4.69) is 4.99 Å². The van der Waals surface area contributed by atoms with Crippen molar-refractivity contribution in [2.75, 3.05) is 0 Å². The largest absolute Gasteiger partial charge is 0.291 e. The number of benzene rings is 1. The average Bonchev–Trinajstić information content (AvgIpc) is 2.51. The van der Waals surface area contributed by atoms with Crippen LogP contribution < -0.4 is 0 Å². The van der Waals surface area contributed by atoms with Crippen molar-refractivity contribution in [3.63, 3.8) is 0 Å². The van der Waals surface area contributed by atoms with Gasteiger partial charge in [-0.25, -0.2) is 4.99 Å². The van der Waals surface area contributed by atoms with E-state index in [0.29, 0.717) is 11.1 Å². The summed E-state index contributed by atoms with van der Waals surface area (Å²) in [6.07, 6.45) is 0. The van der Waals surface area contributed by atoms with Crippen LogP contribution in [0.2, 0.25) is 0 Å². The van der Waals surface area contributed by atoms with Gasteiger partial charge in [0.15, 0.2) is 5.78 Å². The fraction of sp³-hybridized carbons (Fsp3) is 0.389. The molecule has 0 spiro atoms. The van der Waals surface area contributed by atoms with Gasteiger partial charge in [0.25, 0.3) is 5.91 Å². The Labute approximate surface area is 156 Å². The number of aliphatic imine (C=N–C) groups is 1. The number of hydrogen-bond donors (Lipinski definition) is 0. The van der Waals surface area contributed by atoms with Crippen molar-refractivity contribution < 1.29 is 9.59 Å². The van der Waals surface area contributed by atoms with Crippen LogP contribution in [-0.2, 0) is 4.79 Å². The summed E-state index contributed by atoms with van der Waals surface area (Å²) < 4.78 is 0. The van der Waals surface area contributed by atoms with Gasteiger partial charge in [-0.3, -0.25) is 9.59 Å². The third-order valence-corrected chi connectivity index (χ3v) is 5.49. The van der Waals surface area contributed by atoms with Gasteiger partial charge in [0.1, 0.15) is 10.3 Å². The molecule has 1 aromatic rings. The number of halogens is 3. The molecule has 2 rings (SSSR count). The monoisotopic (exact) mass is 385 g/mol. The van der Waals surface area contributed by atoms with Crippen molar-refractivity contribution >= 4 is 52.2 Å². The van der Waals surface area contributed by atoms with Crippen LogP contribution in [0, 0.1) is 12.8 Å². The zero-order valence-electron chi connectivity index (χ0n) is 13.9. The highest BCUT2D eigenvalue weighted by molar-refractivity contribution is 6.59. The van der Waals surface area contributed by atoms with Crippen LogP contribution in [-0.4, -0.2) is 27.7 Å². The smallest absolute Gasteiger partial charge is 0.277 e. The Morgan fingerprint density at radius 2 is 1.79 bits per heavy atom. The number of hydrogen-bond acceptors (Lipinski definition) is 2. The number of allylic oxidation sites excluding steroid dienone is 2. The molecule has 2 atom stereocenters. The van der Waals surface area contributed by atoms with Crippen LogP contribution in [0.15, 0.2) is 39.9 Å². The molecule has 6 heteroatoms. The number of amides is 1. The minimum Gasteiger partial charge on any atom is -0.291 e. The van der Waals surface area contributed by atoms with E-state index in [1.54, 1.807) is 12.1 Å². The van der Waals surface area contributed by atoms with Crippen LogP contribution >= 0.6 is 34.8 Å².